The fourth-order valence-electron chi connectivity index (χ4n) is 1.86. The Bertz CT molecular complexity index is 631. The summed E-state index contributed by atoms with van der Waals surface area (Å²) in [5.41, 5.74) is 8.01. The van der Waals surface area contributed by atoms with Crippen molar-refractivity contribution in [2.24, 2.45) is 5.73 Å². The van der Waals surface area contributed by atoms with Crippen LogP contribution >= 0.6 is 39.1 Å². The molecule has 100 valence electrons. The first-order valence-corrected chi connectivity index (χ1v) is 7.12. The van der Waals surface area contributed by atoms with Crippen molar-refractivity contribution in [2.45, 2.75) is 13.0 Å². The largest absolute Gasteiger partial charge is 0.320 e. The van der Waals surface area contributed by atoms with E-state index < -0.39 is 11.9 Å². The lowest BCUT2D eigenvalue weighted by Crippen LogP contribution is -2.14. The van der Waals surface area contributed by atoms with E-state index in [9.17, 15) is 4.39 Å². The van der Waals surface area contributed by atoms with E-state index in [1.165, 1.54) is 0 Å². The fourth-order valence-corrected chi connectivity index (χ4v) is 2.58. The maximum Gasteiger partial charge on any atom is 0.148 e. The molecule has 5 heteroatoms. The van der Waals surface area contributed by atoms with Gasteiger partial charge in [0.1, 0.15) is 5.82 Å². The molecule has 0 saturated heterocycles. The Morgan fingerprint density at radius 2 is 1.79 bits per heavy atom. The number of aryl methyl sites for hydroxylation is 1. The van der Waals surface area contributed by atoms with E-state index in [-0.39, 0.29) is 5.02 Å². The Morgan fingerprint density at radius 3 is 2.47 bits per heavy atom. The Morgan fingerprint density at radius 1 is 1.11 bits per heavy atom. The average molecular weight is 363 g/mol. The third-order valence-corrected chi connectivity index (χ3v) is 4.73. The van der Waals surface area contributed by atoms with Crippen LogP contribution in [0.2, 0.25) is 10.0 Å². The molecule has 0 saturated carbocycles. The zero-order valence-electron chi connectivity index (χ0n) is 10.1. The molecule has 1 atom stereocenters. The summed E-state index contributed by atoms with van der Waals surface area (Å²) < 4.78 is 14.6. The zero-order valence-corrected chi connectivity index (χ0v) is 13.2. The number of benzene rings is 2. The van der Waals surface area contributed by atoms with Crippen molar-refractivity contribution in [1.29, 1.82) is 0 Å². The number of halogens is 4. The van der Waals surface area contributed by atoms with Gasteiger partial charge in [0.05, 0.1) is 11.1 Å². The van der Waals surface area contributed by atoms with Gasteiger partial charge < -0.3 is 5.73 Å². The summed E-state index contributed by atoms with van der Waals surface area (Å²) in [6.45, 7) is 1.88. The standard InChI is InChI=1S/C14H11BrCl2FN/c1-7-3-2-4-8(11(7)16)14(19)9-5-6-10(15)12(17)13(9)18/h2-6,14H,19H2,1H3. The minimum atomic E-state index is -0.655. The van der Waals surface area contributed by atoms with Gasteiger partial charge in [-0.2, -0.15) is 0 Å². The SMILES string of the molecule is Cc1cccc(C(N)c2ccc(Br)c(Cl)c2F)c1Cl. The fraction of sp³-hybridized carbons (Fsp3) is 0.143. The minimum absolute atomic E-state index is 0.0247. The van der Waals surface area contributed by atoms with Gasteiger partial charge in [-0.05, 0) is 40.0 Å². The van der Waals surface area contributed by atoms with Crippen LogP contribution in [0.1, 0.15) is 22.7 Å². The smallest absolute Gasteiger partial charge is 0.148 e. The summed E-state index contributed by atoms with van der Waals surface area (Å²) in [5, 5.41) is 0.574. The van der Waals surface area contributed by atoms with Crippen LogP contribution in [0.15, 0.2) is 34.8 Å². The first kappa shape index (κ1) is 14.8. The molecule has 0 amide bonds. The monoisotopic (exact) mass is 361 g/mol. The van der Waals surface area contributed by atoms with Crippen LogP contribution < -0.4 is 5.73 Å². The van der Waals surface area contributed by atoms with Crippen molar-refractivity contribution in [3.8, 4) is 0 Å². The summed E-state index contributed by atoms with van der Waals surface area (Å²) in [6, 6.07) is 8.13. The van der Waals surface area contributed by atoms with E-state index >= 15 is 0 Å². The Hall–Kier alpha value is -0.610. The molecule has 0 fully saturated rings. The molecular weight excluding hydrogens is 352 g/mol. The van der Waals surface area contributed by atoms with E-state index in [0.29, 0.717) is 20.6 Å². The van der Waals surface area contributed by atoms with Gasteiger partial charge in [-0.3, -0.25) is 0 Å². The van der Waals surface area contributed by atoms with E-state index in [2.05, 4.69) is 15.9 Å². The lowest BCUT2D eigenvalue weighted by Gasteiger charge is -2.17. The van der Waals surface area contributed by atoms with E-state index in [4.69, 9.17) is 28.9 Å². The highest BCUT2D eigenvalue weighted by molar-refractivity contribution is 9.10. The minimum Gasteiger partial charge on any atom is -0.320 e. The van der Waals surface area contributed by atoms with Crippen LogP contribution in [0, 0.1) is 12.7 Å². The molecule has 0 spiro atoms. The molecule has 0 aromatic heterocycles. The summed E-state index contributed by atoms with van der Waals surface area (Å²) in [6.07, 6.45) is 0. The lowest BCUT2D eigenvalue weighted by molar-refractivity contribution is 0.599. The highest BCUT2D eigenvalue weighted by atomic mass is 79.9. The molecule has 0 aliphatic rings. The summed E-state index contributed by atoms with van der Waals surface area (Å²) >= 11 is 15.3. The van der Waals surface area contributed by atoms with Crippen molar-refractivity contribution in [1.82, 2.24) is 0 Å². The van der Waals surface area contributed by atoms with Gasteiger partial charge in [0.15, 0.2) is 0 Å². The number of rotatable bonds is 2. The molecule has 0 aliphatic heterocycles. The molecule has 1 unspecified atom stereocenters. The second-order valence-corrected chi connectivity index (χ2v) is 5.83. The summed E-state index contributed by atoms with van der Waals surface area (Å²) in [5.74, 6) is -0.527. The Labute approximate surface area is 129 Å². The predicted molar refractivity (Wildman–Crippen MR) is 81.3 cm³/mol. The number of hydrogen-bond donors (Lipinski definition) is 1. The normalized spacial score (nSPS) is 12.5. The van der Waals surface area contributed by atoms with Crippen LogP contribution in [0.25, 0.3) is 0 Å². The molecule has 1 nitrogen and oxygen atoms in total. The molecule has 0 heterocycles. The third-order valence-electron chi connectivity index (χ3n) is 2.96. The second-order valence-electron chi connectivity index (χ2n) is 4.22. The van der Waals surface area contributed by atoms with Gasteiger partial charge in [0.2, 0.25) is 0 Å². The van der Waals surface area contributed by atoms with Gasteiger partial charge in [-0.25, -0.2) is 4.39 Å². The molecule has 0 bridgehead atoms. The predicted octanol–water partition coefficient (Wildman–Crippen LogP) is 5.25. The molecule has 19 heavy (non-hydrogen) atoms. The zero-order chi connectivity index (χ0) is 14.2. The van der Waals surface area contributed by atoms with E-state index in [1.54, 1.807) is 18.2 Å². The van der Waals surface area contributed by atoms with Crippen LogP contribution in [-0.2, 0) is 0 Å². The molecule has 2 aromatic rings. The van der Waals surface area contributed by atoms with Crippen LogP contribution in [0.5, 0.6) is 0 Å². The van der Waals surface area contributed by atoms with E-state index in [1.807, 2.05) is 19.1 Å². The number of nitrogens with two attached hydrogens (primary N) is 1. The van der Waals surface area contributed by atoms with E-state index in [0.717, 1.165) is 5.56 Å². The quantitative estimate of drug-likeness (QED) is 0.725. The van der Waals surface area contributed by atoms with Crippen LogP contribution in [0.3, 0.4) is 0 Å². The van der Waals surface area contributed by atoms with Gasteiger partial charge in [0.25, 0.3) is 0 Å². The van der Waals surface area contributed by atoms with Crippen LogP contribution in [0.4, 0.5) is 4.39 Å². The molecule has 2 aromatic carbocycles. The summed E-state index contributed by atoms with van der Waals surface area (Å²) in [7, 11) is 0. The first-order chi connectivity index (χ1) is 8.93. The van der Waals surface area contributed by atoms with Crippen molar-refractivity contribution in [3.05, 3.63) is 67.4 Å². The lowest BCUT2D eigenvalue weighted by atomic mass is 9.97. The first-order valence-electron chi connectivity index (χ1n) is 5.57. The Kier molecular flexibility index (Phi) is 4.51. The molecule has 2 rings (SSSR count). The topological polar surface area (TPSA) is 26.0 Å². The number of hydrogen-bond acceptors (Lipinski definition) is 1. The highest BCUT2D eigenvalue weighted by Crippen LogP contribution is 2.34. The second kappa shape index (κ2) is 5.80. The van der Waals surface area contributed by atoms with Crippen LogP contribution in [-0.4, -0.2) is 0 Å². The van der Waals surface area contributed by atoms with Crippen molar-refractivity contribution >= 4 is 39.1 Å². The van der Waals surface area contributed by atoms with Gasteiger partial charge in [-0.1, -0.05) is 47.5 Å². The molecular formula is C14H11BrCl2FN. The molecule has 0 radical (unpaired) electrons. The molecule has 2 N–H and O–H groups in total. The van der Waals surface area contributed by atoms with Gasteiger partial charge in [-0.15, -0.1) is 0 Å². The highest BCUT2D eigenvalue weighted by Gasteiger charge is 2.19. The van der Waals surface area contributed by atoms with Crippen molar-refractivity contribution in [3.63, 3.8) is 0 Å². The molecule has 0 aliphatic carbocycles. The maximum absolute atomic E-state index is 14.1. The maximum atomic E-state index is 14.1. The third kappa shape index (κ3) is 2.79. The summed E-state index contributed by atoms with van der Waals surface area (Å²) in [4.78, 5) is 0. The van der Waals surface area contributed by atoms with Crippen molar-refractivity contribution in [2.75, 3.05) is 0 Å². The average Bonchev–Trinajstić information content (AvgIpc) is 2.39. The Balaban J connectivity index is 2.53. The van der Waals surface area contributed by atoms with Crippen molar-refractivity contribution < 1.29 is 4.39 Å². The van der Waals surface area contributed by atoms with Gasteiger partial charge in [0, 0.05) is 15.1 Å². The van der Waals surface area contributed by atoms with Gasteiger partial charge >= 0.3 is 0 Å².